The van der Waals surface area contributed by atoms with E-state index < -0.39 is 30.0 Å². The Morgan fingerprint density at radius 1 is 1.09 bits per heavy atom. The summed E-state index contributed by atoms with van der Waals surface area (Å²) >= 11 is 0. The molecule has 3 amide bonds. The molecule has 1 aliphatic heterocycles. The summed E-state index contributed by atoms with van der Waals surface area (Å²) in [4.78, 5) is 44.3. The molecular formula is C24H29N3O5. The Morgan fingerprint density at radius 2 is 1.72 bits per heavy atom. The maximum atomic E-state index is 13.2. The van der Waals surface area contributed by atoms with Crippen LogP contribution in [0.1, 0.15) is 30.9 Å². The fourth-order valence-electron chi connectivity index (χ4n) is 3.76. The first-order chi connectivity index (χ1) is 15.5. The van der Waals surface area contributed by atoms with E-state index in [1.54, 1.807) is 11.8 Å². The third-order valence-electron chi connectivity index (χ3n) is 5.42. The molecule has 0 radical (unpaired) electrons. The van der Waals surface area contributed by atoms with Gasteiger partial charge in [0.05, 0.1) is 12.6 Å². The van der Waals surface area contributed by atoms with Gasteiger partial charge < -0.3 is 15.3 Å². The highest BCUT2D eigenvalue weighted by Gasteiger charge is 2.38. The quantitative estimate of drug-likeness (QED) is 0.484. The van der Waals surface area contributed by atoms with Crippen LogP contribution in [0.15, 0.2) is 60.7 Å². The Balaban J connectivity index is 1.73. The predicted molar refractivity (Wildman–Crippen MR) is 118 cm³/mol. The first-order valence-corrected chi connectivity index (χ1v) is 10.8. The molecule has 0 bridgehead atoms. The summed E-state index contributed by atoms with van der Waals surface area (Å²) < 4.78 is 0. The Kier molecular flexibility index (Phi) is 8.35. The summed E-state index contributed by atoms with van der Waals surface area (Å²) in [6, 6.07) is 17.2. The van der Waals surface area contributed by atoms with Gasteiger partial charge in [0.1, 0.15) is 6.04 Å². The van der Waals surface area contributed by atoms with Gasteiger partial charge in [0.25, 0.3) is 5.91 Å². The third kappa shape index (κ3) is 6.15. The minimum absolute atomic E-state index is 0.0942. The zero-order valence-corrected chi connectivity index (χ0v) is 18.1. The zero-order chi connectivity index (χ0) is 22.9. The van der Waals surface area contributed by atoms with Gasteiger partial charge in [0, 0.05) is 13.0 Å². The lowest BCUT2D eigenvalue weighted by Gasteiger charge is -2.28. The highest BCUT2D eigenvalue weighted by atomic mass is 16.7. The van der Waals surface area contributed by atoms with Gasteiger partial charge in [-0.3, -0.25) is 19.2 Å². The van der Waals surface area contributed by atoms with E-state index in [0.29, 0.717) is 13.0 Å². The molecule has 32 heavy (non-hydrogen) atoms. The number of amides is 3. The van der Waals surface area contributed by atoms with Crippen molar-refractivity contribution in [1.82, 2.24) is 15.7 Å². The SMILES string of the molecule is CCONC(=O)C(O)C(Cc1ccccc1)NC(=O)[C@H]1CCC(=O)N1Cc1ccccc1. The summed E-state index contributed by atoms with van der Waals surface area (Å²) in [7, 11) is 0. The van der Waals surface area contributed by atoms with Crippen LogP contribution in [-0.2, 0) is 32.2 Å². The lowest BCUT2D eigenvalue weighted by Crippen LogP contribution is -2.55. The van der Waals surface area contributed by atoms with Gasteiger partial charge in [-0.05, 0) is 30.9 Å². The van der Waals surface area contributed by atoms with Crippen molar-refractivity contribution in [2.24, 2.45) is 0 Å². The average Bonchev–Trinajstić information content (AvgIpc) is 3.18. The van der Waals surface area contributed by atoms with Crippen LogP contribution in [-0.4, -0.2) is 52.5 Å². The van der Waals surface area contributed by atoms with Crippen LogP contribution in [0.3, 0.4) is 0 Å². The Labute approximate surface area is 187 Å². The van der Waals surface area contributed by atoms with Crippen molar-refractivity contribution in [3.05, 3.63) is 71.8 Å². The second-order valence-corrected chi connectivity index (χ2v) is 7.71. The van der Waals surface area contributed by atoms with Gasteiger partial charge in [0.15, 0.2) is 6.10 Å². The maximum absolute atomic E-state index is 13.2. The maximum Gasteiger partial charge on any atom is 0.274 e. The monoisotopic (exact) mass is 439 g/mol. The number of carbonyl (C=O) groups excluding carboxylic acids is 3. The van der Waals surface area contributed by atoms with Gasteiger partial charge in [-0.2, -0.15) is 0 Å². The standard InChI is InChI=1S/C24H29N3O5/c1-2-32-26-24(31)22(29)19(15-17-9-5-3-6-10-17)25-23(30)20-13-14-21(28)27(20)16-18-11-7-4-8-12-18/h3-12,19-20,22,29H,2,13-16H2,1H3,(H,25,30)(H,26,31)/t19?,20-,22?/m1/s1. The molecule has 3 N–H and O–H groups in total. The molecule has 1 aliphatic rings. The number of hydrogen-bond donors (Lipinski definition) is 3. The molecule has 0 aliphatic carbocycles. The molecule has 0 saturated carbocycles. The van der Waals surface area contributed by atoms with Gasteiger partial charge >= 0.3 is 0 Å². The molecule has 1 saturated heterocycles. The normalized spacial score (nSPS) is 17.6. The topological polar surface area (TPSA) is 108 Å². The summed E-state index contributed by atoms with van der Waals surface area (Å²) in [6.07, 6.45) is -0.615. The Bertz CT molecular complexity index is 906. The number of benzene rings is 2. The van der Waals surface area contributed by atoms with E-state index in [1.807, 2.05) is 60.7 Å². The second kappa shape index (κ2) is 11.4. The van der Waals surface area contributed by atoms with Crippen molar-refractivity contribution in [2.75, 3.05) is 6.61 Å². The van der Waals surface area contributed by atoms with Crippen LogP contribution in [0.4, 0.5) is 0 Å². The molecule has 0 aromatic heterocycles. The number of aliphatic hydroxyl groups excluding tert-OH is 1. The van der Waals surface area contributed by atoms with Gasteiger partial charge in [-0.25, -0.2) is 5.48 Å². The van der Waals surface area contributed by atoms with Crippen molar-refractivity contribution in [3.8, 4) is 0 Å². The molecule has 2 aromatic carbocycles. The number of likely N-dealkylation sites (tertiary alicyclic amines) is 1. The first kappa shape index (κ1) is 23.4. The predicted octanol–water partition coefficient (Wildman–Crippen LogP) is 1.33. The van der Waals surface area contributed by atoms with E-state index in [2.05, 4.69) is 10.8 Å². The largest absolute Gasteiger partial charge is 0.381 e. The van der Waals surface area contributed by atoms with E-state index in [-0.39, 0.29) is 25.4 Å². The average molecular weight is 440 g/mol. The molecule has 2 unspecified atom stereocenters. The zero-order valence-electron chi connectivity index (χ0n) is 18.1. The fourth-order valence-corrected chi connectivity index (χ4v) is 3.76. The molecule has 0 spiro atoms. The molecule has 3 atom stereocenters. The minimum atomic E-state index is -1.52. The molecule has 170 valence electrons. The molecule has 1 fully saturated rings. The van der Waals surface area contributed by atoms with Crippen molar-refractivity contribution in [3.63, 3.8) is 0 Å². The van der Waals surface area contributed by atoms with Crippen molar-refractivity contribution < 1.29 is 24.3 Å². The van der Waals surface area contributed by atoms with Crippen LogP contribution in [0.25, 0.3) is 0 Å². The smallest absolute Gasteiger partial charge is 0.274 e. The highest BCUT2D eigenvalue weighted by molar-refractivity contribution is 5.91. The van der Waals surface area contributed by atoms with Crippen molar-refractivity contribution in [2.45, 2.75) is 50.9 Å². The number of aliphatic hydroxyl groups is 1. The van der Waals surface area contributed by atoms with E-state index in [9.17, 15) is 19.5 Å². The van der Waals surface area contributed by atoms with Gasteiger partial charge in [-0.15, -0.1) is 0 Å². The summed E-state index contributed by atoms with van der Waals surface area (Å²) in [6.45, 7) is 2.27. The van der Waals surface area contributed by atoms with E-state index in [0.717, 1.165) is 11.1 Å². The van der Waals surface area contributed by atoms with Crippen molar-refractivity contribution >= 4 is 17.7 Å². The van der Waals surface area contributed by atoms with Gasteiger partial charge in [-0.1, -0.05) is 60.7 Å². The van der Waals surface area contributed by atoms with Crippen LogP contribution >= 0.6 is 0 Å². The van der Waals surface area contributed by atoms with E-state index in [1.165, 1.54) is 0 Å². The number of carbonyl (C=O) groups is 3. The summed E-state index contributed by atoms with van der Waals surface area (Å²) in [5.74, 6) is -1.23. The van der Waals surface area contributed by atoms with Crippen LogP contribution in [0.2, 0.25) is 0 Å². The molecule has 2 aromatic rings. The molecular weight excluding hydrogens is 410 g/mol. The lowest BCUT2D eigenvalue weighted by molar-refractivity contribution is -0.144. The van der Waals surface area contributed by atoms with Crippen LogP contribution in [0, 0.1) is 0 Å². The number of nitrogens with one attached hydrogen (secondary N) is 2. The minimum Gasteiger partial charge on any atom is -0.381 e. The summed E-state index contributed by atoms with van der Waals surface area (Å²) in [5.41, 5.74) is 3.96. The lowest BCUT2D eigenvalue weighted by atomic mass is 10.00. The number of nitrogens with zero attached hydrogens (tertiary/aromatic N) is 1. The fraction of sp³-hybridized carbons (Fsp3) is 0.375. The summed E-state index contributed by atoms with van der Waals surface area (Å²) in [5, 5.41) is 13.4. The molecule has 3 rings (SSSR count). The Hall–Kier alpha value is -3.23. The first-order valence-electron chi connectivity index (χ1n) is 10.8. The van der Waals surface area contributed by atoms with E-state index in [4.69, 9.17) is 4.84 Å². The van der Waals surface area contributed by atoms with Crippen molar-refractivity contribution in [1.29, 1.82) is 0 Å². The number of hydrogen-bond acceptors (Lipinski definition) is 5. The molecule has 8 heteroatoms. The molecule has 8 nitrogen and oxygen atoms in total. The third-order valence-corrected chi connectivity index (χ3v) is 5.42. The molecule has 1 heterocycles. The number of rotatable bonds is 10. The van der Waals surface area contributed by atoms with Crippen LogP contribution in [0.5, 0.6) is 0 Å². The Morgan fingerprint density at radius 3 is 2.34 bits per heavy atom. The van der Waals surface area contributed by atoms with E-state index >= 15 is 0 Å². The van der Waals surface area contributed by atoms with Crippen LogP contribution < -0.4 is 10.8 Å². The highest BCUT2D eigenvalue weighted by Crippen LogP contribution is 2.22. The second-order valence-electron chi connectivity index (χ2n) is 7.71. The van der Waals surface area contributed by atoms with Gasteiger partial charge in [0.2, 0.25) is 11.8 Å². The number of hydroxylamine groups is 1.